The quantitative estimate of drug-likeness (QED) is 0.855. The number of aliphatic carboxylic acids is 1. The van der Waals surface area contributed by atoms with Crippen LogP contribution in [0.2, 0.25) is 0 Å². The second-order valence-electron chi connectivity index (χ2n) is 4.64. The summed E-state index contributed by atoms with van der Waals surface area (Å²) in [6.45, 7) is 6.05. The fourth-order valence-electron chi connectivity index (χ4n) is 1.53. The van der Waals surface area contributed by atoms with E-state index in [1.165, 1.54) is 23.1 Å². The van der Waals surface area contributed by atoms with Crippen molar-refractivity contribution < 1.29 is 9.90 Å². The number of nitrogens with zero attached hydrogens (tertiary/aromatic N) is 3. The molecule has 7 heteroatoms. The minimum atomic E-state index is -0.869. The molecule has 106 valence electrons. The maximum Gasteiger partial charge on any atom is 0.309 e. The lowest BCUT2D eigenvalue weighted by atomic mass is 10.2. The van der Waals surface area contributed by atoms with E-state index in [4.69, 9.17) is 5.11 Å². The molecule has 1 N–H and O–H groups in total. The van der Waals surface area contributed by atoms with Gasteiger partial charge in [-0.1, -0.05) is 13.8 Å². The van der Waals surface area contributed by atoms with Crippen LogP contribution < -0.4 is 0 Å². The zero-order valence-electron chi connectivity index (χ0n) is 11.5. The summed E-state index contributed by atoms with van der Waals surface area (Å²) in [6.07, 6.45) is -0.0445. The topological polar surface area (TPSA) is 76.0 Å². The molecule has 0 aliphatic carbocycles. The monoisotopic (exact) mass is 309 g/mol. The highest BCUT2D eigenvalue weighted by Crippen LogP contribution is 2.30. The second-order valence-corrected chi connectivity index (χ2v) is 6.76. The van der Waals surface area contributed by atoms with Gasteiger partial charge in [-0.15, -0.1) is 11.3 Å². The third kappa shape index (κ3) is 4.01. The van der Waals surface area contributed by atoms with Gasteiger partial charge in [0.25, 0.3) is 0 Å². The lowest BCUT2D eigenvalue weighted by Gasteiger charge is -2.06. The fourth-order valence-corrected chi connectivity index (χ4v) is 3.38. The highest BCUT2D eigenvalue weighted by Gasteiger charge is 2.11. The highest BCUT2D eigenvalue weighted by atomic mass is 32.2. The Bertz CT molecular complexity index is 626. The summed E-state index contributed by atoms with van der Waals surface area (Å²) in [4.78, 5) is 23.8. The molecular formula is C13H15N3O2S2. The first-order valence-electron chi connectivity index (χ1n) is 6.13. The van der Waals surface area contributed by atoms with Crippen LogP contribution in [0.25, 0.3) is 0 Å². The van der Waals surface area contributed by atoms with Crippen molar-refractivity contribution in [1.29, 1.82) is 0 Å². The molecule has 0 aromatic carbocycles. The lowest BCUT2D eigenvalue weighted by molar-refractivity contribution is -0.136. The van der Waals surface area contributed by atoms with E-state index in [-0.39, 0.29) is 12.3 Å². The molecule has 0 saturated heterocycles. The van der Waals surface area contributed by atoms with Gasteiger partial charge in [-0.2, -0.15) is 0 Å². The molecule has 5 nitrogen and oxygen atoms in total. The third-order valence-corrected chi connectivity index (χ3v) is 4.33. The molecule has 0 fully saturated rings. The van der Waals surface area contributed by atoms with E-state index >= 15 is 0 Å². The molecule has 2 aromatic heterocycles. The Hall–Kier alpha value is -1.47. The molecule has 0 aliphatic rings. The molecule has 0 saturated carbocycles. The van der Waals surface area contributed by atoms with Crippen LogP contribution in [0.1, 0.15) is 37.0 Å². The van der Waals surface area contributed by atoms with E-state index in [1.54, 1.807) is 5.38 Å². The number of thiazole rings is 1. The average Bonchev–Trinajstić information content (AvgIpc) is 2.74. The smallest absolute Gasteiger partial charge is 0.309 e. The summed E-state index contributed by atoms with van der Waals surface area (Å²) in [5, 5.41) is 11.4. The number of hydrogen-bond acceptors (Lipinski definition) is 6. The van der Waals surface area contributed by atoms with Gasteiger partial charge < -0.3 is 5.11 Å². The Morgan fingerprint density at radius 2 is 2.15 bits per heavy atom. The average molecular weight is 309 g/mol. The van der Waals surface area contributed by atoms with Gasteiger partial charge in [0.1, 0.15) is 10.9 Å². The van der Waals surface area contributed by atoms with Gasteiger partial charge in [0.15, 0.2) is 4.34 Å². The van der Waals surface area contributed by atoms with Crippen LogP contribution in [0.5, 0.6) is 0 Å². The van der Waals surface area contributed by atoms with E-state index in [9.17, 15) is 4.79 Å². The Morgan fingerprint density at radius 1 is 1.40 bits per heavy atom. The van der Waals surface area contributed by atoms with E-state index in [2.05, 4.69) is 28.8 Å². The van der Waals surface area contributed by atoms with Crippen LogP contribution in [-0.2, 0) is 11.2 Å². The van der Waals surface area contributed by atoms with Crippen molar-refractivity contribution in [1.82, 2.24) is 15.0 Å². The van der Waals surface area contributed by atoms with Gasteiger partial charge in [0, 0.05) is 17.0 Å². The predicted molar refractivity (Wildman–Crippen MR) is 78.4 cm³/mol. The normalized spacial score (nSPS) is 11.0. The molecule has 0 atom stereocenters. The number of aromatic nitrogens is 3. The molecule has 0 amide bonds. The van der Waals surface area contributed by atoms with Crippen LogP contribution in [0.4, 0.5) is 0 Å². The minimum Gasteiger partial charge on any atom is -0.481 e. The maximum absolute atomic E-state index is 10.6. The number of carboxylic acid groups (broad SMARTS) is 1. The molecule has 0 spiro atoms. The van der Waals surface area contributed by atoms with Crippen molar-refractivity contribution in [2.24, 2.45) is 0 Å². The molecule has 2 rings (SSSR count). The molecule has 2 heterocycles. The van der Waals surface area contributed by atoms with Gasteiger partial charge in [-0.05, 0) is 24.8 Å². The van der Waals surface area contributed by atoms with Crippen molar-refractivity contribution in [2.75, 3.05) is 0 Å². The van der Waals surface area contributed by atoms with Gasteiger partial charge in [-0.3, -0.25) is 4.79 Å². The van der Waals surface area contributed by atoms with Gasteiger partial charge in [-0.25, -0.2) is 15.0 Å². The van der Waals surface area contributed by atoms with Gasteiger partial charge in [0.2, 0.25) is 0 Å². The maximum atomic E-state index is 10.6. The molecule has 2 aromatic rings. The largest absolute Gasteiger partial charge is 0.481 e. The lowest BCUT2D eigenvalue weighted by Crippen LogP contribution is -2.00. The standard InChI is InChI=1S/C13H15N3O2S2/c1-7(2)12-14-8(3)4-10(16-12)20-13-15-9(6-19-13)5-11(17)18/h4,6-7H,5H2,1-3H3,(H,17,18). The summed E-state index contributed by atoms with van der Waals surface area (Å²) < 4.78 is 0.800. The van der Waals surface area contributed by atoms with Crippen molar-refractivity contribution in [3.8, 4) is 0 Å². The Labute approximate surface area is 125 Å². The van der Waals surface area contributed by atoms with Crippen LogP contribution in [0.15, 0.2) is 20.8 Å². The summed E-state index contributed by atoms with van der Waals surface area (Å²) in [5.41, 5.74) is 1.51. The number of carbonyl (C=O) groups is 1. The zero-order valence-corrected chi connectivity index (χ0v) is 13.1. The van der Waals surface area contributed by atoms with Crippen LogP contribution in [0, 0.1) is 6.92 Å². The summed E-state index contributed by atoms with van der Waals surface area (Å²) in [6, 6.07) is 1.91. The van der Waals surface area contributed by atoms with Crippen LogP contribution >= 0.6 is 23.1 Å². The first-order chi connectivity index (χ1) is 9.44. The first kappa shape index (κ1) is 14.9. The zero-order chi connectivity index (χ0) is 14.7. The van der Waals surface area contributed by atoms with Crippen LogP contribution in [-0.4, -0.2) is 26.0 Å². The molecule has 0 aliphatic heterocycles. The van der Waals surface area contributed by atoms with E-state index < -0.39 is 5.97 Å². The highest BCUT2D eigenvalue weighted by molar-refractivity contribution is 8.01. The minimum absolute atomic E-state index is 0.0445. The molecule has 0 radical (unpaired) electrons. The van der Waals surface area contributed by atoms with Crippen molar-refractivity contribution in [2.45, 2.75) is 42.5 Å². The fraction of sp³-hybridized carbons (Fsp3) is 0.385. The Kier molecular flexibility index (Phi) is 4.72. The molecule has 0 bridgehead atoms. The SMILES string of the molecule is Cc1cc(Sc2nc(CC(=O)O)cs2)nc(C(C)C)n1. The number of rotatable bonds is 5. The predicted octanol–water partition coefficient (Wildman–Crippen LogP) is 3.14. The summed E-state index contributed by atoms with van der Waals surface area (Å²) in [7, 11) is 0. The summed E-state index contributed by atoms with van der Waals surface area (Å²) >= 11 is 2.88. The second kappa shape index (κ2) is 6.32. The third-order valence-electron chi connectivity index (χ3n) is 2.42. The van der Waals surface area contributed by atoms with Crippen molar-refractivity contribution >= 4 is 29.1 Å². The molecule has 20 heavy (non-hydrogen) atoms. The number of aryl methyl sites for hydroxylation is 1. The Balaban J connectivity index is 2.17. The first-order valence-corrected chi connectivity index (χ1v) is 7.83. The number of hydrogen-bond donors (Lipinski definition) is 1. The van der Waals surface area contributed by atoms with Gasteiger partial charge in [0.05, 0.1) is 12.1 Å². The Morgan fingerprint density at radius 3 is 2.80 bits per heavy atom. The van der Waals surface area contributed by atoms with Crippen molar-refractivity contribution in [3.05, 3.63) is 28.7 Å². The van der Waals surface area contributed by atoms with Crippen LogP contribution in [0.3, 0.4) is 0 Å². The molecule has 0 unspecified atom stereocenters. The van der Waals surface area contributed by atoms with Gasteiger partial charge >= 0.3 is 5.97 Å². The van der Waals surface area contributed by atoms with Crippen molar-refractivity contribution in [3.63, 3.8) is 0 Å². The molecular weight excluding hydrogens is 294 g/mol. The number of carboxylic acids is 1. The van der Waals surface area contributed by atoms with E-state index in [1.807, 2.05) is 13.0 Å². The summed E-state index contributed by atoms with van der Waals surface area (Å²) in [5.74, 6) is 0.217. The van der Waals surface area contributed by atoms with E-state index in [0.717, 1.165) is 20.9 Å². The van der Waals surface area contributed by atoms with E-state index in [0.29, 0.717) is 5.69 Å².